The minimum atomic E-state index is -0.515. The van der Waals surface area contributed by atoms with E-state index in [1.165, 1.54) is 12.1 Å². The van der Waals surface area contributed by atoms with Crippen LogP contribution in [0.1, 0.15) is 17.3 Å². The molecule has 6 heteroatoms. The van der Waals surface area contributed by atoms with Gasteiger partial charge in [0, 0.05) is 31.7 Å². The molecule has 3 N–H and O–H groups in total. The highest BCUT2D eigenvalue weighted by molar-refractivity contribution is 5.98. The van der Waals surface area contributed by atoms with Crippen LogP contribution in [0.3, 0.4) is 0 Å². The maximum absolute atomic E-state index is 12.5. The van der Waals surface area contributed by atoms with Crippen LogP contribution in [0, 0.1) is 0 Å². The van der Waals surface area contributed by atoms with Gasteiger partial charge in [0.05, 0.1) is 0 Å². The number of piperazine rings is 1. The van der Waals surface area contributed by atoms with Crippen molar-refractivity contribution in [3.8, 4) is 5.75 Å². The molecule has 0 aliphatic carbocycles. The summed E-state index contributed by atoms with van der Waals surface area (Å²) >= 11 is 0. The maximum Gasteiger partial charge on any atom is 0.254 e. The van der Waals surface area contributed by atoms with Gasteiger partial charge in [0.15, 0.2) is 0 Å². The Hall–Kier alpha value is -2.08. The number of carbonyl (C=O) groups is 2. The number of nitrogens with zero attached hydrogens (tertiary/aromatic N) is 1. The van der Waals surface area contributed by atoms with E-state index in [9.17, 15) is 14.7 Å². The Morgan fingerprint density at radius 3 is 3.00 bits per heavy atom. The van der Waals surface area contributed by atoms with Crippen molar-refractivity contribution < 1.29 is 14.7 Å². The van der Waals surface area contributed by atoms with Crippen LogP contribution in [0.5, 0.6) is 5.75 Å². The molecule has 1 heterocycles. The topological polar surface area (TPSA) is 81.7 Å². The van der Waals surface area contributed by atoms with E-state index < -0.39 is 6.04 Å². The Morgan fingerprint density at radius 1 is 1.50 bits per heavy atom. The van der Waals surface area contributed by atoms with Crippen molar-refractivity contribution in [2.24, 2.45) is 0 Å². The molecule has 2 rings (SSSR count). The van der Waals surface area contributed by atoms with Crippen molar-refractivity contribution in [3.05, 3.63) is 29.8 Å². The number of phenols is 1. The number of phenolic OH excluding ortho intramolecular Hbond substituents is 1. The first-order valence-corrected chi connectivity index (χ1v) is 6.72. The number of benzene rings is 1. The van der Waals surface area contributed by atoms with Gasteiger partial charge in [-0.25, -0.2) is 0 Å². The largest absolute Gasteiger partial charge is 0.508 e. The summed E-state index contributed by atoms with van der Waals surface area (Å²) in [5.74, 6) is -0.354. The fourth-order valence-electron chi connectivity index (χ4n) is 2.28. The van der Waals surface area contributed by atoms with E-state index in [-0.39, 0.29) is 17.6 Å². The van der Waals surface area contributed by atoms with E-state index in [1.54, 1.807) is 17.0 Å². The molecule has 1 atom stereocenters. The lowest BCUT2D eigenvalue weighted by Crippen LogP contribution is -2.59. The number of aromatic hydroxyl groups is 1. The lowest BCUT2D eigenvalue weighted by molar-refractivity contribution is -0.126. The van der Waals surface area contributed by atoms with E-state index in [2.05, 4.69) is 10.6 Å². The highest BCUT2D eigenvalue weighted by atomic mass is 16.3. The summed E-state index contributed by atoms with van der Waals surface area (Å²) in [7, 11) is 0. The van der Waals surface area contributed by atoms with Crippen molar-refractivity contribution in [1.82, 2.24) is 15.5 Å². The number of hydrogen-bond acceptors (Lipinski definition) is 4. The molecule has 20 heavy (non-hydrogen) atoms. The van der Waals surface area contributed by atoms with Crippen LogP contribution >= 0.6 is 0 Å². The summed E-state index contributed by atoms with van der Waals surface area (Å²) in [6.07, 6.45) is 0. The molecule has 6 nitrogen and oxygen atoms in total. The summed E-state index contributed by atoms with van der Waals surface area (Å²) in [6.45, 7) is 3.94. The van der Waals surface area contributed by atoms with Crippen LogP contribution in [0.2, 0.25) is 0 Å². The zero-order chi connectivity index (χ0) is 14.5. The molecule has 1 unspecified atom stereocenters. The Kier molecular flexibility index (Phi) is 4.57. The minimum absolute atomic E-state index is 0.0422. The first-order valence-electron chi connectivity index (χ1n) is 6.72. The molecule has 1 aliphatic heterocycles. The fraction of sp³-hybridized carbons (Fsp3) is 0.429. The minimum Gasteiger partial charge on any atom is -0.508 e. The third-order valence-corrected chi connectivity index (χ3v) is 3.25. The summed E-state index contributed by atoms with van der Waals surface area (Å²) in [5.41, 5.74) is 0.390. The number of amides is 2. The molecular formula is C14H19N3O3. The second kappa shape index (κ2) is 6.38. The molecular weight excluding hydrogens is 258 g/mol. The smallest absolute Gasteiger partial charge is 0.254 e. The number of likely N-dealkylation sites (N-methyl/N-ethyl adjacent to an activating group) is 1. The highest BCUT2D eigenvalue weighted by Gasteiger charge is 2.32. The van der Waals surface area contributed by atoms with Gasteiger partial charge in [0.1, 0.15) is 11.8 Å². The van der Waals surface area contributed by atoms with Crippen LogP contribution in [0.4, 0.5) is 0 Å². The van der Waals surface area contributed by atoms with Crippen molar-refractivity contribution in [2.45, 2.75) is 13.0 Å². The highest BCUT2D eigenvalue weighted by Crippen LogP contribution is 2.15. The molecule has 2 amide bonds. The van der Waals surface area contributed by atoms with Crippen molar-refractivity contribution in [3.63, 3.8) is 0 Å². The monoisotopic (exact) mass is 277 g/mol. The predicted molar refractivity (Wildman–Crippen MR) is 74.5 cm³/mol. The summed E-state index contributed by atoms with van der Waals surface area (Å²) in [5, 5.41) is 15.3. The number of nitrogens with one attached hydrogen (secondary N) is 2. The third kappa shape index (κ3) is 3.08. The van der Waals surface area contributed by atoms with Gasteiger partial charge < -0.3 is 20.6 Å². The van der Waals surface area contributed by atoms with Gasteiger partial charge in [-0.3, -0.25) is 9.59 Å². The third-order valence-electron chi connectivity index (χ3n) is 3.25. The van der Waals surface area contributed by atoms with Gasteiger partial charge >= 0.3 is 0 Å². The Bertz CT molecular complexity index is 504. The predicted octanol–water partition coefficient (Wildman–Crippen LogP) is -0.0577. The van der Waals surface area contributed by atoms with E-state index in [0.29, 0.717) is 31.7 Å². The van der Waals surface area contributed by atoms with Gasteiger partial charge in [0.25, 0.3) is 5.91 Å². The van der Waals surface area contributed by atoms with Crippen LogP contribution in [-0.4, -0.2) is 54.0 Å². The van der Waals surface area contributed by atoms with Crippen LogP contribution in [0.25, 0.3) is 0 Å². The summed E-state index contributed by atoms with van der Waals surface area (Å²) in [4.78, 5) is 26.0. The number of rotatable bonds is 3. The van der Waals surface area contributed by atoms with E-state index in [4.69, 9.17) is 0 Å². The lowest BCUT2D eigenvalue weighted by Gasteiger charge is -2.35. The molecule has 0 saturated carbocycles. The van der Waals surface area contributed by atoms with Crippen LogP contribution in [-0.2, 0) is 4.79 Å². The van der Waals surface area contributed by atoms with Gasteiger partial charge in [-0.05, 0) is 25.1 Å². The average molecular weight is 277 g/mol. The Labute approximate surface area is 117 Å². The summed E-state index contributed by atoms with van der Waals surface area (Å²) in [6, 6.07) is 5.67. The first-order chi connectivity index (χ1) is 9.63. The van der Waals surface area contributed by atoms with Gasteiger partial charge in [-0.15, -0.1) is 0 Å². The molecule has 0 aromatic heterocycles. The molecule has 1 aromatic carbocycles. The second-order valence-corrected chi connectivity index (χ2v) is 4.66. The Balaban J connectivity index is 2.19. The van der Waals surface area contributed by atoms with E-state index in [1.807, 2.05) is 6.92 Å². The molecule has 1 aromatic rings. The SMILES string of the molecule is CCNC(=O)C1CNCCN1C(=O)c1cccc(O)c1. The van der Waals surface area contributed by atoms with Gasteiger partial charge in [0.2, 0.25) is 5.91 Å². The van der Waals surface area contributed by atoms with Crippen molar-refractivity contribution in [2.75, 3.05) is 26.2 Å². The molecule has 0 radical (unpaired) electrons. The molecule has 0 spiro atoms. The van der Waals surface area contributed by atoms with E-state index >= 15 is 0 Å². The zero-order valence-corrected chi connectivity index (χ0v) is 11.4. The molecule has 1 saturated heterocycles. The lowest BCUT2D eigenvalue weighted by atomic mass is 10.1. The molecule has 0 bridgehead atoms. The molecule has 1 fully saturated rings. The van der Waals surface area contributed by atoms with Gasteiger partial charge in [-0.1, -0.05) is 6.07 Å². The molecule has 1 aliphatic rings. The molecule has 108 valence electrons. The normalized spacial score (nSPS) is 18.6. The van der Waals surface area contributed by atoms with Crippen LogP contribution < -0.4 is 10.6 Å². The van der Waals surface area contributed by atoms with E-state index in [0.717, 1.165) is 0 Å². The number of hydrogen-bond donors (Lipinski definition) is 3. The first kappa shape index (κ1) is 14.3. The standard InChI is InChI=1S/C14H19N3O3/c1-2-16-13(19)12-9-15-6-7-17(12)14(20)10-4-3-5-11(18)8-10/h3-5,8,12,15,18H,2,6-7,9H2,1H3,(H,16,19). The maximum atomic E-state index is 12.5. The van der Waals surface area contributed by atoms with Crippen molar-refractivity contribution in [1.29, 1.82) is 0 Å². The quantitative estimate of drug-likeness (QED) is 0.723. The second-order valence-electron chi connectivity index (χ2n) is 4.66. The van der Waals surface area contributed by atoms with Crippen molar-refractivity contribution >= 4 is 11.8 Å². The zero-order valence-electron chi connectivity index (χ0n) is 11.4. The number of carbonyl (C=O) groups excluding carboxylic acids is 2. The average Bonchev–Trinajstić information content (AvgIpc) is 2.47. The summed E-state index contributed by atoms with van der Waals surface area (Å²) < 4.78 is 0. The van der Waals surface area contributed by atoms with Gasteiger partial charge in [-0.2, -0.15) is 0 Å². The fourth-order valence-corrected chi connectivity index (χ4v) is 2.28. The Morgan fingerprint density at radius 2 is 2.30 bits per heavy atom. The van der Waals surface area contributed by atoms with Crippen LogP contribution in [0.15, 0.2) is 24.3 Å².